The number of benzene rings is 4. The first kappa shape index (κ1) is 43.4. The van der Waals surface area contributed by atoms with Gasteiger partial charge in [-0.3, -0.25) is 14.9 Å². The van der Waals surface area contributed by atoms with Crippen molar-refractivity contribution >= 4 is 78.0 Å². The lowest BCUT2D eigenvalue weighted by atomic mass is 9.99. The van der Waals surface area contributed by atoms with Gasteiger partial charge in [0.1, 0.15) is 22.1 Å². The second-order valence-electron chi connectivity index (χ2n) is 13.5. The van der Waals surface area contributed by atoms with Crippen LogP contribution in [0.3, 0.4) is 0 Å². The normalized spacial score (nSPS) is 13.1. The van der Waals surface area contributed by atoms with Gasteiger partial charge in [-0.05, 0) is 99.1 Å². The Balaban J connectivity index is 0.000000199. The number of thiazole rings is 2. The Labute approximate surface area is 358 Å². The number of rotatable bonds is 14. The molecule has 4 aromatic carbocycles. The van der Waals surface area contributed by atoms with Crippen LogP contribution in [0.25, 0.3) is 0 Å². The first-order valence-electron chi connectivity index (χ1n) is 17.8. The molecule has 1 aliphatic rings. The standard InChI is InChI=1S/C22H21FN2O5S.C19H17ClN2O3S3/c1-22(2,30-17-7-8-18-19(11-17)29-13-28-18)20(26)25-21-24-15(12-31-21)9-10-27-16-5-3-14(23)4-6-16;1-19(17(23)22-18-21-11-12-26-18,27-15-7-5-14(20)6-8-15)13-3-9-16(10-4-13)28(2,24)25/h3-8,11-12H,9-10,13H2,1-2H3,(H,24,25,26);3-12H,1-2H3,(H,21,22,23). The van der Waals surface area contributed by atoms with Gasteiger partial charge in [0.25, 0.3) is 5.91 Å². The van der Waals surface area contributed by atoms with Crippen LogP contribution in [0.5, 0.6) is 23.0 Å². The molecular formula is C41H38ClFN4O8S4. The summed E-state index contributed by atoms with van der Waals surface area (Å²) in [6.45, 7) is 5.71. The highest BCUT2D eigenvalue weighted by Crippen LogP contribution is 2.43. The van der Waals surface area contributed by atoms with Gasteiger partial charge < -0.3 is 24.3 Å². The van der Waals surface area contributed by atoms with Crippen molar-refractivity contribution in [1.29, 1.82) is 0 Å². The summed E-state index contributed by atoms with van der Waals surface area (Å²) in [6.07, 6.45) is 3.32. The molecule has 1 atom stereocenters. The van der Waals surface area contributed by atoms with Gasteiger partial charge in [-0.1, -0.05) is 23.7 Å². The van der Waals surface area contributed by atoms with Gasteiger partial charge in [0, 0.05) is 45.6 Å². The van der Waals surface area contributed by atoms with Crippen LogP contribution in [0.2, 0.25) is 5.02 Å². The van der Waals surface area contributed by atoms with Crippen molar-refractivity contribution in [2.75, 3.05) is 30.3 Å². The lowest BCUT2D eigenvalue weighted by molar-refractivity contribution is -0.128. The maximum Gasteiger partial charge on any atom is 0.269 e. The van der Waals surface area contributed by atoms with E-state index in [1.165, 1.54) is 58.7 Å². The summed E-state index contributed by atoms with van der Waals surface area (Å²) in [4.78, 5) is 35.5. The van der Waals surface area contributed by atoms with Crippen molar-refractivity contribution in [3.63, 3.8) is 0 Å². The van der Waals surface area contributed by atoms with Gasteiger partial charge in [0.05, 0.1) is 17.2 Å². The van der Waals surface area contributed by atoms with Crippen LogP contribution >= 0.6 is 46.0 Å². The van der Waals surface area contributed by atoms with E-state index in [0.29, 0.717) is 56.9 Å². The van der Waals surface area contributed by atoms with Gasteiger partial charge in [-0.25, -0.2) is 22.8 Å². The largest absolute Gasteiger partial charge is 0.493 e. The number of hydrogen-bond acceptors (Lipinski definition) is 13. The molecule has 6 aromatic rings. The molecule has 0 bridgehead atoms. The first-order valence-corrected chi connectivity index (χ1v) is 22.6. The molecule has 7 rings (SSSR count). The number of nitrogens with zero attached hydrogens (tertiary/aromatic N) is 2. The minimum Gasteiger partial charge on any atom is -0.493 e. The SMILES string of the molecule is CC(C)(Oc1ccc2c(c1)OCO2)C(=O)Nc1nc(CCOc2ccc(F)cc2)cs1.CC(Sc1ccc(Cl)cc1)(C(=O)Nc1nccs1)c1ccc(S(C)(=O)=O)cc1. The number of aromatic nitrogens is 2. The van der Waals surface area contributed by atoms with E-state index in [2.05, 4.69) is 20.6 Å². The number of hydrogen-bond donors (Lipinski definition) is 2. The Kier molecular flexibility index (Phi) is 13.8. The third-order valence-corrected chi connectivity index (χ3v) is 12.7. The van der Waals surface area contributed by atoms with E-state index in [1.807, 2.05) is 17.5 Å². The van der Waals surface area contributed by atoms with Crippen LogP contribution in [0, 0.1) is 5.82 Å². The van der Waals surface area contributed by atoms with E-state index in [-0.39, 0.29) is 29.3 Å². The summed E-state index contributed by atoms with van der Waals surface area (Å²) in [6, 6.07) is 24.6. The highest BCUT2D eigenvalue weighted by atomic mass is 35.5. The fourth-order valence-corrected chi connectivity index (χ4v) is 8.47. The summed E-state index contributed by atoms with van der Waals surface area (Å²) < 4.78 is 57.5. The van der Waals surface area contributed by atoms with Gasteiger partial charge in [-0.2, -0.15) is 0 Å². The average Bonchev–Trinajstić information content (AvgIpc) is 4.00. The number of ether oxygens (including phenoxy) is 4. The zero-order valence-electron chi connectivity index (χ0n) is 32.1. The van der Waals surface area contributed by atoms with E-state index >= 15 is 0 Å². The molecule has 0 saturated carbocycles. The molecule has 3 heterocycles. The predicted octanol–water partition coefficient (Wildman–Crippen LogP) is 9.27. The number of anilines is 2. The Morgan fingerprint density at radius 1 is 0.881 bits per heavy atom. The van der Waals surface area contributed by atoms with Gasteiger partial charge in [-0.15, -0.1) is 34.4 Å². The molecule has 0 aliphatic carbocycles. The summed E-state index contributed by atoms with van der Waals surface area (Å²) >= 11 is 9.97. The number of amides is 2. The fourth-order valence-electron chi connectivity index (χ4n) is 5.31. The summed E-state index contributed by atoms with van der Waals surface area (Å²) in [5.74, 6) is 1.44. The fraction of sp³-hybridized carbons (Fsp3) is 0.220. The second kappa shape index (κ2) is 18.8. The summed E-state index contributed by atoms with van der Waals surface area (Å²) in [5, 5.41) is 10.9. The van der Waals surface area contributed by atoms with Crippen molar-refractivity contribution in [2.24, 2.45) is 0 Å². The predicted molar refractivity (Wildman–Crippen MR) is 229 cm³/mol. The number of sulfone groups is 1. The molecule has 2 N–H and O–H groups in total. The number of halogens is 2. The van der Waals surface area contributed by atoms with E-state index in [0.717, 1.165) is 16.8 Å². The van der Waals surface area contributed by atoms with Gasteiger partial charge in [0.2, 0.25) is 12.7 Å². The van der Waals surface area contributed by atoms with Crippen LogP contribution in [0.1, 0.15) is 32.0 Å². The van der Waals surface area contributed by atoms with Crippen molar-refractivity contribution in [1.82, 2.24) is 9.97 Å². The maximum absolute atomic E-state index is 13.2. The summed E-state index contributed by atoms with van der Waals surface area (Å²) in [5.41, 5.74) is 0.330. The van der Waals surface area contributed by atoms with Crippen LogP contribution in [0.15, 0.2) is 118 Å². The molecule has 0 spiro atoms. The molecule has 59 heavy (non-hydrogen) atoms. The molecule has 2 amide bonds. The molecule has 0 fully saturated rings. The Morgan fingerprint density at radius 3 is 2.24 bits per heavy atom. The van der Waals surface area contributed by atoms with E-state index in [1.54, 1.807) is 86.9 Å². The van der Waals surface area contributed by atoms with Crippen LogP contribution < -0.4 is 29.6 Å². The van der Waals surface area contributed by atoms with Crippen molar-refractivity contribution in [2.45, 2.75) is 47.3 Å². The second-order valence-corrected chi connectivity index (χ2v) is 19.2. The molecule has 1 aliphatic heterocycles. The zero-order chi connectivity index (χ0) is 42.2. The lowest BCUT2D eigenvalue weighted by Gasteiger charge is -2.28. The molecular weight excluding hydrogens is 859 g/mol. The van der Waals surface area contributed by atoms with Crippen molar-refractivity contribution in [3.05, 3.63) is 130 Å². The highest BCUT2D eigenvalue weighted by Gasteiger charge is 2.37. The Hall–Kier alpha value is -5.20. The Bertz CT molecular complexity index is 2490. The van der Waals surface area contributed by atoms with Crippen molar-refractivity contribution < 1.29 is 41.3 Å². The minimum absolute atomic E-state index is 0.171. The maximum atomic E-state index is 13.2. The van der Waals surface area contributed by atoms with Crippen LogP contribution in [-0.2, 0) is 30.6 Å². The van der Waals surface area contributed by atoms with Crippen LogP contribution in [0.4, 0.5) is 14.7 Å². The smallest absolute Gasteiger partial charge is 0.269 e. The number of thioether (sulfide) groups is 1. The highest BCUT2D eigenvalue weighted by molar-refractivity contribution is 8.01. The number of carbonyl (C=O) groups is 2. The molecule has 18 heteroatoms. The lowest BCUT2D eigenvalue weighted by Crippen LogP contribution is -2.42. The van der Waals surface area contributed by atoms with Gasteiger partial charge in [0.15, 0.2) is 37.2 Å². The Morgan fingerprint density at radius 2 is 1.56 bits per heavy atom. The number of nitrogens with one attached hydrogen (secondary N) is 2. The molecule has 308 valence electrons. The van der Waals surface area contributed by atoms with E-state index < -0.39 is 20.2 Å². The van der Waals surface area contributed by atoms with E-state index in [9.17, 15) is 22.4 Å². The minimum atomic E-state index is -3.32. The first-order chi connectivity index (χ1) is 28.1. The zero-order valence-corrected chi connectivity index (χ0v) is 36.1. The monoisotopic (exact) mass is 896 g/mol. The van der Waals surface area contributed by atoms with Crippen LogP contribution in [-0.4, -0.2) is 55.5 Å². The molecule has 0 radical (unpaired) electrons. The van der Waals surface area contributed by atoms with Crippen molar-refractivity contribution in [3.8, 4) is 23.0 Å². The molecule has 2 aromatic heterocycles. The number of fused-ring (bicyclic) bond motifs is 1. The topological polar surface area (TPSA) is 155 Å². The molecule has 12 nitrogen and oxygen atoms in total. The summed E-state index contributed by atoms with van der Waals surface area (Å²) in [7, 11) is -3.32. The average molecular weight is 897 g/mol. The molecule has 0 saturated heterocycles. The van der Waals surface area contributed by atoms with E-state index in [4.69, 9.17) is 30.5 Å². The quantitative estimate of drug-likeness (QED) is 0.101. The third-order valence-electron chi connectivity index (χ3n) is 8.53. The molecule has 1 unspecified atom stereocenters. The number of carbonyl (C=O) groups excluding carboxylic acids is 2. The van der Waals surface area contributed by atoms with Gasteiger partial charge >= 0.3 is 0 Å². The third kappa shape index (κ3) is 11.7.